The SMILES string of the molecule is CCC(C)C(=O)NCC(O)c1ccccc1C(F)(F)F. The first-order valence-electron chi connectivity index (χ1n) is 6.39. The fourth-order valence-electron chi connectivity index (χ4n) is 1.71. The molecule has 0 aliphatic rings. The van der Waals surface area contributed by atoms with Gasteiger partial charge in [0.05, 0.1) is 11.7 Å². The minimum absolute atomic E-state index is 0.232. The Hall–Kier alpha value is -1.56. The molecule has 0 bridgehead atoms. The second-order valence-corrected chi connectivity index (χ2v) is 4.66. The predicted molar refractivity (Wildman–Crippen MR) is 68.9 cm³/mol. The van der Waals surface area contributed by atoms with E-state index in [1.807, 2.05) is 6.92 Å². The maximum Gasteiger partial charge on any atom is 0.416 e. The molecular weight excluding hydrogens is 271 g/mol. The van der Waals surface area contributed by atoms with Crippen LogP contribution in [0.4, 0.5) is 13.2 Å². The van der Waals surface area contributed by atoms with Gasteiger partial charge in [-0.3, -0.25) is 4.79 Å². The Kier molecular flexibility index (Phi) is 5.56. The second kappa shape index (κ2) is 6.74. The second-order valence-electron chi connectivity index (χ2n) is 4.66. The van der Waals surface area contributed by atoms with E-state index < -0.39 is 17.8 Å². The summed E-state index contributed by atoms with van der Waals surface area (Å²) in [5, 5.41) is 12.3. The Morgan fingerprint density at radius 3 is 2.50 bits per heavy atom. The number of aliphatic hydroxyl groups excluding tert-OH is 1. The minimum Gasteiger partial charge on any atom is -0.387 e. The molecule has 2 N–H and O–H groups in total. The molecule has 0 saturated heterocycles. The predicted octanol–water partition coefficient (Wildman–Crippen LogP) is 2.90. The number of carbonyl (C=O) groups is 1. The summed E-state index contributed by atoms with van der Waals surface area (Å²) in [6, 6.07) is 4.80. The maximum atomic E-state index is 12.8. The van der Waals surface area contributed by atoms with E-state index in [1.165, 1.54) is 18.2 Å². The van der Waals surface area contributed by atoms with E-state index in [-0.39, 0.29) is 23.9 Å². The number of halogens is 3. The molecular formula is C14H18F3NO2. The van der Waals surface area contributed by atoms with Gasteiger partial charge in [-0.2, -0.15) is 13.2 Å². The monoisotopic (exact) mass is 289 g/mol. The number of alkyl halides is 3. The fraction of sp³-hybridized carbons (Fsp3) is 0.500. The molecule has 1 rings (SSSR count). The van der Waals surface area contributed by atoms with Gasteiger partial charge in [-0.05, 0) is 18.1 Å². The third kappa shape index (κ3) is 4.23. The quantitative estimate of drug-likeness (QED) is 0.875. The number of benzene rings is 1. The molecule has 0 aromatic heterocycles. The average molecular weight is 289 g/mol. The summed E-state index contributed by atoms with van der Waals surface area (Å²) in [6.45, 7) is 3.31. The highest BCUT2D eigenvalue weighted by Crippen LogP contribution is 2.34. The molecule has 0 heterocycles. The lowest BCUT2D eigenvalue weighted by Gasteiger charge is -2.18. The maximum absolute atomic E-state index is 12.8. The molecule has 112 valence electrons. The van der Waals surface area contributed by atoms with Crippen molar-refractivity contribution >= 4 is 5.91 Å². The van der Waals surface area contributed by atoms with Crippen LogP contribution in [0.3, 0.4) is 0 Å². The van der Waals surface area contributed by atoms with Gasteiger partial charge < -0.3 is 10.4 Å². The summed E-state index contributed by atoms with van der Waals surface area (Å²) < 4.78 is 38.4. The van der Waals surface area contributed by atoms with E-state index in [4.69, 9.17) is 0 Å². The number of amides is 1. The van der Waals surface area contributed by atoms with Crippen molar-refractivity contribution in [2.75, 3.05) is 6.54 Å². The van der Waals surface area contributed by atoms with Gasteiger partial charge in [0.1, 0.15) is 0 Å². The van der Waals surface area contributed by atoms with Gasteiger partial charge in [0, 0.05) is 12.5 Å². The zero-order valence-corrected chi connectivity index (χ0v) is 11.4. The van der Waals surface area contributed by atoms with Gasteiger partial charge in [0.2, 0.25) is 5.91 Å². The lowest BCUT2D eigenvalue weighted by Crippen LogP contribution is -2.33. The molecule has 0 aliphatic heterocycles. The van der Waals surface area contributed by atoms with Crippen LogP contribution < -0.4 is 5.32 Å². The number of hydrogen-bond acceptors (Lipinski definition) is 2. The van der Waals surface area contributed by atoms with Crippen molar-refractivity contribution in [3.63, 3.8) is 0 Å². The molecule has 1 amide bonds. The van der Waals surface area contributed by atoms with Gasteiger partial charge in [-0.25, -0.2) is 0 Å². The molecule has 0 saturated carbocycles. The van der Waals surface area contributed by atoms with E-state index >= 15 is 0 Å². The van der Waals surface area contributed by atoms with Crippen LogP contribution in [0.5, 0.6) is 0 Å². The molecule has 0 aliphatic carbocycles. The first-order chi connectivity index (χ1) is 9.27. The average Bonchev–Trinajstić information content (AvgIpc) is 2.42. The van der Waals surface area contributed by atoms with Crippen LogP contribution in [0.2, 0.25) is 0 Å². The van der Waals surface area contributed by atoms with E-state index in [2.05, 4.69) is 5.32 Å². The Labute approximate surface area is 115 Å². The smallest absolute Gasteiger partial charge is 0.387 e. The van der Waals surface area contributed by atoms with E-state index in [9.17, 15) is 23.1 Å². The zero-order valence-electron chi connectivity index (χ0n) is 11.4. The van der Waals surface area contributed by atoms with Crippen LogP contribution in [0.15, 0.2) is 24.3 Å². The number of rotatable bonds is 5. The van der Waals surface area contributed by atoms with E-state index in [0.29, 0.717) is 6.42 Å². The highest BCUT2D eigenvalue weighted by atomic mass is 19.4. The Bertz CT molecular complexity index is 460. The van der Waals surface area contributed by atoms with Crippen LogP contribution in [0, 0.1) is 5.92 Å². The van der Waals surface area contributed by atoms with Gasteiger partial charge >= 0.3 is 6.18 Å². The van der Waals surface area contributed by atoms with Gasteiger partial charge in [-0.1, -0.05) is 32.0 Å². The lowest BCUT2D eigenvalue weighted by atomic mass is 10.0. The van der Waals surface area contributed by atoms with Gasteiger partial charge in [-0.15, -0.1) is 0 Å². The molecule has 2 unspecified atom stereocenters. The molecule has 0 radical (unpaired) electrons. The van der Waals surface area contributed by atoms with E-state index in [0.717, 1.165) is 6.07 Å². The number of nitrogens with one attached hydrogen (secondary N) is 1. The lowest BCUT2D eigenvalue weighted by molar-refractivity contribution is -0.139. The Morgan fingerprint density at radius 2 is 1.95 bits per heavy atom. The summed E-state index contributed by atoms with van der Waals surface area (Å²) in [4.78, 5) is 11.5. The summed E-state index contributed by atoms with van der Waals surface area (Å²) in [6.07, 6.45) is -5.29. The largest absolute Gasteiger partial charge is 0.416 e. The van der Waals surface area contributed by atoms with Crippen LogP contribution in [0.1, 0.15) is 37.5 Å². The van der Waals surface area contributed by atoms with Crippen LogP contribution in [-0.2, 0) is 11.0 Å². The minimum atomic E-state index is -4.53. The van der Waals surface area contributed by atoms with Crippen molar-refractivity contribution in [1.82, 2.24) is 5.32 Å². The summed E-state index contributed by atoms with van der Waals surface area (Å²) in [5.74, 6) is -0.518. The Balaban J connectivity index is 2.78. The normalized spacial score (nSPS) is 14.7. The third-order valence-electron chi connectivity index (χ3n) is 3.15. The topological polar surface area (TPSA) is 49.3 Å². The van der Waals surface area contributed by atoms with Crippen LogP contribution in [0.25, 0.3) is 0 Å². The highest BCUT2D eigenvalue weighted by Gasteiger charge is 2.34. The van der Waals surface area contributed by atoms with Crippen LogP contribution >= 0.6 is 0 Å². The molecule has 6 heteroatoms. The van der Waals surface area contributed by atoms with Crippen molar-refractivity contribution < 1.29 is 23.1 Å². The van der Waals surface area contributed by atoms with Crippen LogP contribution in [-0.4, -0.2) is 17.6 Å². The van der Waals surface area contributed by atoms with Gasteiger partial charge in [0.25, 0.3) is 0 Å². The fourth-order valence-corrected chi connectivity index (χ4v) is 1.71. The number of carbonyl (C=O) groups excluding carboxylic acids is 1. The first-order valence-corrected chi connectivity index (χ1v) is 6.39. The standard InChI is InChI=1S/C14H18F3NO2/c1-3-9(2)13(20)18-8-12(19)10-6-4-5-7-11(10)14(15,16)17/h4-7,9,12,19H,3,8H2,1-2H3,(H,18,20). The number of hydrogen-bond donors (Lipinski definition) is 2. The third-order valence-corrected chi connectivity index (χ3v) is 3.15. The molecule has 0 fully saturated rings. The molecule has 1 aromatic rings. The molecule has 2 atom stereocenters. The molecule has 1 aromatic carbocycles. The summed E-state index contributed by atoms with van der Waals surface area (Å²) in [5.41, 5.74) is -1.12. The molecule has 20 heavy (non-hydrogen) atoms. The Morgan fingerprint density at radius 1 is 1.35 bits per heavy atom. The van der Waals surface area contributed by atoms with Crippen molar-refractivity contribution in [1.29, 1.82) is 0 Å². The van der Waals surface area contributed by atoms with Gasteiger partial charge in [0.15, 0.2) is 0 Å². The summed E-state index contributed by atoms with van der Waals surface area (Å²) in [7, 11) is 0. The zero-order chi connectivity index (χ0) is 15.3. The van der Waals surface area contributed by atoms with E-state index in [1.54, 1.807) is 6.92 Å². The molecule has 3 nitrogen and oxygen atoms in total. The highest BCUT2D eigenvalue weighted by molar-refractivity contribution is 5.78. The first kappa shape index (κ1) is 16.5. The summed E-state index contributed by atoms with van der Waals surface area (Å²) >= 11 is 0. The van der Waals surface area contributed by atoms with Crippen molar-refractivity contribution in [2.45, 2.75) is 32.5 Å². The molecule has 0 spiro atoms. The van der Waals surface area contributed by atoms with Crippen molar-refractivity contribution in [3.05, 3.63) is 35.4 Å². The van der Waals surface area contributed by atoms with Crippen molar-refractivity contribution in [3.8, 4) is 0 Å². The number of aliphatic hydroxyl groups is 1. The van der Waals surface area contributed by atoms with Crippen molar-refractivity contribution in [2.24, 2.45) is 5.92 Å².